The molecule has 0 aliphatic heterocycles. The molecule has 1 N–H and O–H groups in total. The lowest BCUT2D eigenvalue weighted by molar-refractivity contribution is -0.516. The van der Waals surface area contributed by atoms with E-state index in [1.807, 2.05) is 0 Å². The van der Waals surface area contributed by atoms with Crippen LogP contribution in [0.3, 0.4) is 0 Å². The Balaban J connectivity index is 4.44. The number of alkyl halides is 3. The number of nitro groups is 1. The van der Waals surface area contributed by atoms with E-state index in [2.05, 4.69) is 4.74 Å². The summed E-state index contributed by atoms with van der Waals surface area (Å²) in [6.07, 6.45) is -6.71. The highest BCUT2D eigenvalue weighted by Gasteiger charge is 2.57. The summed E-state index contributed by atoms with van der Waals surface area (Å²) in [7, 11) is 0. The molecule has 6 nitrogen and oxygen atoms in total. The van der Waals surface area contributed by atoms with Gasteiger partial charge in [-0.05, 0) is 19.8 Å². The molecule has 0 aromatic heterocycles. The van der Waals surface area contributed by atoms with Crippen molar-refractivity contribution in [2.45, 2.75) is 38.0 Å². The molecule has 9 heteroatoms. The summed E-state index contributed by atoms with van der Waals surface area (Å²) in [4.78, 5) is 19.8. The van der Waals surface area contributed by atoms with E-state index in [-0.39, 0.29) is 19.4 Å². The van der Waals surface area contributed by atoms with Gasteiger partial charge in [0, 0.05) is 11.3 Å². The maximum atomic E-state index is 12.5. The fourth-order valence-corrected chi connectivity index (χ4v) is 1.28. The van der Waals surface area contributed by atoms with Crippen LogP contribution in [0.1, 0.15) is 26.2 Å². The standard InChI is InChI=1S/C9H14F3NO5/c1-2-18-7(14)4-3-5-8(15,6-13(16)17)9(10,11)12/h15H,2-6H2,1H3. The molecule has 0 saturated carbocycles. The van der Waals surface area contributed by atoms with Crippen LogP contribution < -0.4 is 0 Å². The van der Waals surface area contributed by atoms with Gasteiger partial charge in [-0.15, -0.1) is 0 Å². The largest absolute Gasteiger partial charge is 0.466 e. The topological polar surface area (TPSA) is 89.7 Å². The number of carbonyl (C=O) groups is 1. The third kappa shape index (κ3) is 5.30. The highest BCUT2D eigenvalue weighted by atomic mass is 19.4. The third-order valence-corrected chi connectivity index (χ3v) is 2.19. The molecule has 0 rings (SSSR count). The first-order chi connectivity index (χ1) is 8.12. The molecule has 0 radical (unpaired) electrons. The quantitative estimate of drug-likeness (QED) is 0.429. The second-order valence-corrected chi connectivity index (χ2v) is 3.68. The highest BCUT2D eigenvalue weighted by molar-refractivity contribution is 5.69. The maximum Gasteiger partial charge on any atom is 0.423 e. The van der Waals surface area contributed by atoms with Gasteiger partial charge in [0.2, 0.25) is 12.1 Å². The van der Waals surface area contributed by atoms with Gasteiger partial charge in [0.05, 0.1) is 6.61 Å². The normalized spacial score (nSPS) is 14.9. The lowest BCUT2D eigenvalue weighted by Gasteiger charge is -2.26. The highest BCUT2D eigenvalue weighted by Crippen LogP contribution is 2.34. The number of hydrogen-bond acceptors (Lipinski definition) is 5. The molecule has 106 valence electrons. The van der Waals surface area contributed by atoms with E-state index in [4.69, 9.17) is 0 Å². The molecule has 0 heterocycles. The lowest BCUT2D eigenvalue weighted by Crippen LogP contribution is -2.50. The van der Waals surface area contributed by atoms with Crippen LogP contribution in [0.2, 0.25) is 0 Å². The van der Waals surface area contributed by atoms with Crippen LogP contribution in [-0.2, 0) is 9.53 Å². The summed E-state index contributed by atoms with van der Waals surface area (Å²) in [5.74, 6) is -0.705. The third-order valence-electron chi connectivity index (χ3n) is 2.19. The van der Waals surface area contributed by atoms with Gasteiger partial charge in [-0.1, -0.05) is 0 Å². The van der Waals surface area contributed by atoms with Crippen LogP contribution in [0, 0.1) is 10.1 Å². The molecule has 0 fully saturated rings. The first-order valence-electron chi connectivity index (χ1n) is 5.19. The molecule has 0 aliphatic rings. The van der Waals surface area contributed by atoms with Crippen molar-refractivity contribution >= 4 is 5.97 Å². The van der Waals surface area contributed by atoms with Crippen molar-refractivity contribution in [2.24, 2.45) is 0 Å². The molecule has 1 atom stereocenters. The van der Waals surface area contributed by atoms with Crippen molar-refractivity contribution in [3.8, 4) is 0 Å². The van der Waals surface area contributed by atoms with E-state index in [0.29, 0.717) is 0 Å². The summed E-state index contributed by atoms with van der Waals surface area (Å²) in [5.41, 5.74) is -3.41. The van der Waals surface area contributed by atoms with E-state index in [0.717, 1.165) is 0 Å². The predicted octanol–water partition coefficient (Wildman–Crippen LogP) is 1.29. The van der Waals surface area contributed by atoms with E-state index in [1.54, 1.807) is 0 Å². The first kappa shape index (κ1) is 16.6. The number of nitrogens with zero attached hydrogens (tertiary/aromatic N) is 1. The van der Waals surface area contributed by atoms with Crippen LogP contribution in [0.4, 0.5) is 13.2 Å². The Labute approximate surface area is 101 Å². The van der Waals surface area contributed by atoms with Gasteiger partial charge in [-0.3, -0.25) is 14.9 Å². The average molecular weight is 273 g/mol. The Morgan fingerprint density at radius 2 is 2.00 bits per heavy atom. The summed E-state index contributed by atoms with van der Waals surface area (Å²) in [6.45, 7) is -0.00666. The number of aliphatic hydroxyl groups is 1. The number of rotatable bonds is 7. The van der Waals surface area contributed by atoms with Gasteiger partial charge in [-0.2, -0.15) is 13.2 Å². The second kappa shape index (κ2) is 6.53. The molecule has 0 aliphatic carbocycles. The minimum atomic E-state index is -5.12. The molecular weight excluding hydrogens is 259 g/mol. The van der Waals surface area contributed by atoms with Crippen molar-refractivity contribution in [3.05, 3.63) is 10.1 Å². The molecule has 0 aromatic carbocycles. The summed E-state index contributed by atoms with van der Waals surface area (Å²) >= 11 is 0. The average Bonchev–Trinajstić information content (AvgIpc) is 2.14. The lowest BCUT2D eigenvalue weighted by atomic mass is 9.96. The van der Waals surface area contributed by atoms with Crippen molar-refractivity contribution in [1.82, 2.24) is 0 Å². The van der Waals surface area contributed by atoms with Gasteiger partial charge in [-0.25, -0.2) is 0 Å². The van der Waals surface area contributed by atoms with Gasteiger partial charge in [0.15, 0.2) is 0 Å². The van der Waals surface area contributed by atoms with Crippen LogP contribution >= 0.6 is 0 Å². The molecule has 0 spiro atoms. The molecule has 0 amide bonds. The summed E-state index contributed by atoms with van der Waals surface area (Å²) in [6, 6.07) is 0. The SMILES string of the molecule is CCOC(=O)CCCC(O)(C[N+](=O)[O-])C(F)(F)F. The maximum absolute atomic E-state index is 12.5. The molecule has 0 saturated heterocycles. The number of ether oxygens (including phenoxy) is 1. The Bertz CT molecular complexity index is 307. The zero-order valence-corrected chi connectivity index (χ0v) is 9.70. The predicted molar refractivity (Wildman–Crippen MR) is 53.4 cm³/mol. The fraction of sp³-hybridized carbons (Fsp3) is 0.889. The molecular formula is C9H14F3NO5. The zero-order valence-electron chi connectivity index (χ0n) is 9.70. The van der Waals surface area contributed by atoms with E-state index >= 15 is 0 Å². The number of hydrogen-bond donors (Lipinski definition) is 1. The van der Waals surface area contributed by atoms with E-state index in [1.165, 1.54) is 6.92 Å². The summed E-state index contributed by atoms with van der Waals surface area (Å²) < 4.78 is 41.9. The number of halogens is 3. The monoisotopic (exact) mass is 273 g/mol. The molecule has 0 aromatic rings. The Morgan fingerprint density at radius 1 is 1.44 bits per heavy atom. The fourth-order valence-electron chi connectivity index (χ4n) is 1.28. The molecule has 0 bridgehead atoms. The van der Waals surface area contributed by atoms with Gasteiger partial charge in [0.25, 0.3) is 0 Å². The minimum Gasteiger partial charge on any atom is -0.466 e. The Kier molecular flexibility index (Phi) is 6.02. The van der Waals surface area contributed by atoms with Gasteiger partial charge >= 0.3 is 12.1 Å². The zero-order chi connectivity index (χ0) is 14.4. The van der Waals surface area contributed by atoms with Crippen molar-refractivity contribution in [1.29, 1.82) is 0 Å². The molecule has 18 heavy (non-hydrogen) atoms. The Morgan fingerprint density at radius 3 is 2.39 bits per heavy atom. The van der Waals surface area contributed by atoms with Gasteiger partial charge < -0.3 is 9.84 Å². The second-order valence-electron chi connectivity index (χ2n) is 3.68. The number of carbonyl (C=O) groups excluding carboxylic acids is 1. The Hall–Kier alpha value is -1.38. The van der Waals surface area contributed by atoms with Crippen LogP contribution in [0.5, 0.6) is 0 Å². The van der Waals surface area contributed by atoms with Crippen molar-refractivity contribution < 1.29 is 32.7 Å². The van der Waals surface area contributed by atoms with Crippen LogP contribution in [0.15, 0.2) is 0 Å². The summed E-state index contributed by atoms with van der Waals surface area (Å²) in [5, 5.41) is 19.4. The van der Waals surface area contributed by atoms with Crippen LogP contribution in [-0.4, -0.2) is 40.9 Å². The van der Waals surface area contributed by atoms with Crippen molar-refractivity contribution in [3.63, 3.8) is 0 Å². The number of esters is 1. The first-order valence-corrected chi connectivity index (χ1v) is 5.19. The van der Waals surface area contributed by atoms with E-state index in [9.17, 15) is 33.2 Å². The minimum absolute atomic E-state index is 0.0945. The van der Waals surface area contributed by atoms with Crippen molar-refractivity contribution in [2.75, 3.05) is 13.2 Å². The smallest absolute Gasteiger partial charge is 0.423 e. The van der Waals surface area contributed by atoms with E-state index < -0.39 is 35.6 Å². The van der Waals surface area contributed by atoms with Crippen LogP contribution in [0.25, 0.3) is 0 Å². The van der Waals surface area contributed by atoms with Gasteiger partial charge in [0.1, 0.15) is 0 Å². The molecule has 1 unspecified atom stereocenters.